The molecular formula is C15H15F2NO5S. The smallest absolute Gasteiger partial charge is 0.360 e. The summed E-state index contributed by atoms with van der Waals surface area (Å²) in [4.78, 5) is 37.2. The number of imide groups is 1. The van der Waals surface area contributed by atoms with Gasteiger partial charge in [-0.15, -0.1) is 0 Å². The van der Waals surface area contributed by atoms with Crippen molar-refractivity contribution >= 4 is 34.6 Å². The molecule has 1 aromatic carbocycles. The molecule has 2 amide bonds. The lowest BCUT2D eigenvalue weighted by Crippen LogP contribution is -2.42. The number of benzene rings is 1. The van der Waals surface area contributed by atoms with E-state index in [0.29, 0.717) is 11.0 Å². The molecule has 6 nitrogen and oxygen atoms in total. The van der Waals surface area contributed by atoms with Gasteiger partial charge in [0.05, 0.1) is 18.6 Å². The minimum atomic E-state index is -1.76. The molecule has 0 N–H and O–H groups in total. The Balaban J connectivity index is 2.35. The summed E-state index contributed by atoms with van der Waals surface area (Å²) in [5.41, 5.74) is -0.269. The van der Waals surface area contributed by atoms with Crippen LogP contribution < -0.4 is 4.90 Å². The van der Waals surface area contributed by atoms with E-state index in [9.17, 15) is 27.7 Å². The Labute approximate surface area is 139 Å². The first-order valence-electron chi connectivity index (χ1n) is 7.08. The molecule has 0 aromatic heterocycles. The highest BCUT2D eigenvalue weighted by Crippen LogP contribution is 2.32. The average Bonchev–Trinajstić information content (AvgIpc) is 2.73. The second-order valence-corrected chi connectivity index (χ2v) is 6.68. The molecule has 1 aliphatic rings. The Morgan fingerprint density at radius 1 is 1.38 bits per heavy atom. The fraction of sp³-hybridized carbons (Fsp3) is 0.400. The number of esters is 1. The topological polar surface area (TPSA) is 86.7 Å². The second-order valence-electron chi connectivity index (χ2n) is 5.18. The Morgan fingerprint density at radius 3 is 2.46 bits per heavy atom. The number of rotatable bonds is 5. The van der Waals surface area contributed by atoms with E-state index in [1.54, 1.807) is 6.92 Å². The first kappa shape index (κ1) is 18.3. The number of carbonyl (C=O) groups is 3. The van der Waals surface area contributed by atoms with Gasteiger partial charge in [-0.25, -0.2) is 18.5 Å². The Morgan fingerprint density at radius 2 is 1.96 bits per heavy atom. The molecule has 1 fully saturated rings. The van der Waals surface area contributed by atoms with Crippen molar-refractivity contribution in [3.05, 3.63) is 29.8 Å². The van der Waals surface area contributed by atoms with Crippen LogP contribution in [-0.4, -0.2) is 40.4 Å². The summed E-state index contributed by atoms with van der Waals surface area (Å²) in [6.45, 7) is 1.58. The molecule has 9 heteroatoms. The zero-order valence-corrected chi connectivity index (χ0v) is 13.8. The molecule has 3 atom stereocenters. The summed E-state index contributed by atoms with van der Waals surface area (Å²) in [6.07, 6.45) is 0.837. The van der Waals surface area contributed by atoms with Crippen molar-refractivity contribution in [1.29, 1.82) is 0 Å². The van der Waals surface area contributed by atoms with Crippen LogP contribution in [0.5, 0.6) is 0 Å². The number of anilines is 1. The van der Waals surface area contributed by atoms with Gasteiger partial charge in [-0.1, -0.05) is 0 Å². The molecule has 3 unspecified atom stereocenters. The predicted octanol–water partition coefficient (Wildman–Crippen LogP) is 1.15. The normalized spacial score (nSPS) is 20.2. The number of nitrogens with zero attached hydrogens (tertiary/aromatic N) is 1. The van der Waals surface area contributed by atoms with Crippen LogP contribution in [0.2, 0.25) is 0 Å². The molecular weight excluding hydrogens is 344 g/mol. The maximum Gasteiger partial charge on any atom is 0.360 e. The van der Waals surface area contributed by atoms with Gasteiger partial charge in [0.15, 0.2) is 0 Å². The van der Waals surface area contributed by atoms with E-state index in [-0.39, 0.29) is 18.7 Å². The molecule has 2 rings (SSSR count). The molecule has 0 aliphatic carbocycles. The van der Waals surface area contributed by atoms with Gasteiger partial charge in [0.1, 0.15) is 17.6 Å². The van der Waals surface area contributed by atoms with Crippen molar-refractivity contribution in [2.24, 2.45) is 5.92 Å². The van der Waals surface area contributed by atoms with Crippen molar-refractivity contribution in [3.8, 4) is 0 Å². The van der Waals surface area contributed by atoms with Crippen molar-refractivity contribution in [2.45, 2.75) is 18.6 Å². The Hall–Kier alpha value is -2.00. The van der Waals surface area contributed by atoms with E-state index >= 15 is 0 Å². The van der Waals surface area contributed by atoms with Gasteiger partial charge < -0.3 is 9.29 Å². The number of hydrogen-bond donors (Lipinski definition) is 0. The third kappa shape index (κ3) is 3.57. The first-order chi connectivity index (χ1) is 11.3. The van der Waals surface area contributed by atoms with Crippen LogP contribution in [0.3, 0.4) is 0 Å². The van der Waals surface area contributed by atoms with Crippen LogP contribution in [0, 0.1) is 17.6 Å². The highest BCUT2D eigenvalue weighted by molar-refractivity contribution is 7.92. The van der Waals surface area contributed by atoms with Crippen LogP contribution in [0.1, 0.15) is 13.3 Å². The summed E-state index contributed by atoms with van der Waals surface area (Å²) >= 11 is -1.76. The summed E-state index contributed by atoms with van der Waals surface area (Å²) in [6, 6.07) is 2.28. The number of hydrogen-bond acceptors (Lipinski definition) is 5. The monoisotopic (exact) mass is 359 g/mol. The first-order valence-corrected chi connectivity index (χ1v) is 8.70. The standard InChI is InChI=1S/C15H15F2NO5S/c1-3-23-15(21)13(24(2)22)11-7-12(19)18(14(11)20)10-5-8(16)4-9(17)6-10/h4-6,11,13H,3,7H2,1-2H3. The van der Waals surface area contributed by atoms with Crippen LogP contribution in [0.4, 0.5) is 14.5 Å². The molecule has 1 heterocycles. The summed E-state index contributed by atoms with van der Waals surface area (Å²) in [7, 11) is 0. The van der Waals surface area contributed by atoms with E-state index in [2.05, 4.69) is 0 Å². The molecule has 1 aliphatic heterocycles. The fourth-order valence-electron chi connectivity index (χ4n) is 2.59. The van der Waals surface area contributed by atoms with Crippen LogP contribution in [0.15, 0.2) is 18.2 Å². The molecule has 0 saturated carbocycles. The summed E-state index contributed by atoms with van der Waals surface area (Å²) in [5, 5.41) is -1.31. The number of halogens is 2. The summed E-state index contributed by atoms with van der Waals surface area (Å²) in [5.74, 6) is -5.51. The van der Waals surface area contributed by atoms with Crippen molar-refractivity contribution in [2.75, 3.05) is 17.8 Å². The van der Waals surface area contributed by atoms with Gasteiger partial charge in [-0.2, -0.15) is 0 Å². The molecule has 0 radical (unpaired) electrons. The lowest BCUT2D eigenvalue weighted by Gasteiger charge is -2.21. The maximum absolute atomic E-state index is 13.3. The molecule has 130 valence electrons. The second kappa shape index (κ2) is 7.27. The minimum Gasteiger partial charge on any atom is -0.616 e. The zero-order chi connectivity index (χ0) is 18.0. The lowest BCUT2D eigenvalue weighted by molar-refractivity contribution is -0.145. The number of carbonyl (C=O) groups excluding carboxylic acids is 3. The third-order valence-corrected chi connectivity index (χ3v) is 4.77. The Bertz CT molecular complexity index is 662. The van der Waals surface area contributed by atoms with E-state index in [1.165, 1.54) is 6.26 Å². The number of ether oxygens (including phenoxy) is 1. The third-order valence-electron chi connectivity index (χ3n) is 3.53. The van der Waals surface area contributed by atoms with Crippen molar-refractivity contribution in [1.82, 2.24) is 0 Å². The van der Waals surface area contributed by atoms with Gasteiger partial charge in [-0.3, -0.25) is 9.59 Å². The zero-order valence-electron chi connectivity index (χ0n) is 13.0. The van der Waals surface area contributed by atoms with Gasteiger partial charge >= 0.3 is 5.97 Å². The minimum absolute atomic E-state index is 0.0280. The van der Waals surface area contributed by atoms with E-state index in [4.69, 9.17) is 4.74 Å². The van der Waals surface area contributed by atoms with Gasteiger partial charge in [0.25, 0.3) is 0 Å². The maximum atomic E-state index is 13.3. The van der Waals surface area contributed by atoms with Crippen LogP contribution in [-0.2, 0) is 30.3 Å². The quantitative estimate of drug-likeness (QED) is 0.447. The highest BCUT2D eigenvalue weighted by atomic mass is 32.2. The van der Waals surface area contributed by atoms with E-state index in [0.717, 1.165) is 12.1 Å². The average molecular weight is 359 g/mol. The fourth-order valence-corrected chi connectivity index (χ4v) is 3.60. The molecule has 1 saturated heterocycles. The van der Waals surface area contributed by atoms with Gasteiger partial charge in [0.2, 0.25) is 17.1 Å². The molecule has 0 spiro atoms. The summed E-state index contributed by atoms with van der Waals surface area (Å²) < 4.78 is 43.3. The highest BCUT2D eigenvalue weighted by Gasteiger charge is 2.51. The molecule has 24 heavy (non-hydrogen) atoms. The van der Waals surface area contributed by atoms with Gasteiger partial charge in [-0.05, 0) is 30.2 Å². The largest absolute Gasteiger partial charge is 0.616 e. The van der Waals surface area contributed by atoms with Gasteiger partial charge in [0, 0.05) is 12.5 Å². The molecule has 1 aromatic rings. The van der Waals surface area contributed by atoms with Crippen molar-refractivity contribution in [3.63, 3.8) is 0 Å². The Kier molecular flexibility index (Phi) is 5.55. The SMILES string of the molecule is CCOC(=O)C(C1CC(=O)N(c2cc(F)cc(F)c2)C1=O)[S+](C)[O-]. The van der Waals surface area contributed by atoms with E-state index < -0.39 is 51.8 Å². The van der Waals surface area contributed by atoms with E-state index in [1.807, 2.05) is 0 Å². The van der Waals surface area contributed by atoms with Crippen LogP contribution >= 0.6 is 0 Å². The molecule has 0 bridgehead atoms. The predicted molar refractivity (Wildman–Crippen MR) is 81.4 cm³/mol. The lowest BCUT2D eigenvalue weighted by atomic mass is 10.0. The van der Waals surface area contributed by atoms with Crippen molar-refractivity contribution < 1.29 is 32.5 Å². The number of amides is 2. The van der Waals surface area contributed by atoms with Crippen LogP contribution in [0.25, 0.3) is 0 Å².